The third kappa shape index (κ3) is 3.96. The van der Waals surface area contributed by atoms with Crippen LogP contribution in [0.4, 0.5) is 0 Å². The van der Waals surface area contributed by atoms with E-state index in [4.69, 9.17) is 14.7 Å². The van der Waals surface area contributed by atoms with Crippen molar-refractivity contribution in [1.82, 2.24) is 15.0 Å². The first-order valence-electron chi connectivity index (χ1n) is 6.94. The zero-order valence-corrected chi connectivity index (χ0v) is 12.4. The van der Waals surface area contributed by atoms with E-state index in [0.717, 1.165) is 23.6 Å². The Balaban J connectivity index is 1.85. The average molecular weight is 302 g/mol. The van der Waals surface area contributed by atoms with Gasteiger partial charge in [0.1, 0.15) is 23.7 Å². The zero-order valence-electron chi connectivity index (χ0n) is 12.4. The maximum atomic E-state index is 9.24. The van der Waals surface area contributed by atoms with Gasteiger partial charge >= 0.3 is 0 Å². The van der Waals surface area contributed by atoms with E-state index in [9.17, 15) is 5.11 Å². The number of rotatable bonds is 8. The number of aromatic nitrogens is 3. The third-order valence-corrected chi connectivity index (χ3v) is 3.17. The molecule has 116 valence electrons. The number of aliphatic hydroxyl groups excluding tert-OH is 1. The fraction of sp³-hybridized carbons (Fsp3) is 0.400. The molecule has 0 spiro atoms. The van der Waals surface area contributed by atoms with Crippen molar-refractivity contribution in [2.45, 2.75) is 26.0 Å². The molecule has 7 nitrogen and oxygen atoms in total. The largest absolute Gasteiger partial charge is 0.497 e. The predicted octanol–water partition coefficient (Wildman–Crippen LogP) is 1.31. The van der Waals surface area contributed by atoms with Crippen molar-refractivity contribution in [3.8, 4) is 17.6 Å². The molecule has 7 heteroatoms. The minimum absolute atomic E-state index is 0.127. The van der Waals surface area contributed by atoms with E-state index in [-0.39, 0.29) is 13.2 Å². The smallest absolute Gasteiger partial charge is 0.130 e. The van der Waals surface area contributed by atoms with Crippen LogP contribution in [0.25, 0.3) is 0 Å². The quantitative estimate of drug-likeness (QED) is 0.739. The van der Waals surface area contributed by atoms with Gasteiger partial charge in [-0.2, -0.15) is 5.26 Å². The van der Waals surface area contributed by atoms with Crippen molar-refractivity contribution in [2.24, 2.45) is 0 Å². The Labute approximate surface area is 128 Å². The number of hydrogen-bond acceptors (Lipinski definition) is 6. The lowest BCUT2D eigenvalue weighted by Gasteiger charge is -2.08. The molecule has 0 bridgehead atoms. The topological polar surface area (TPSA) is 93.2 Å². The van der Waals surface area contributed by atoms with Gasteiger partial charge in [0, 0.05) is 0 Å². The van der Waals surface area contributed by atoms with Crippen molar-refractivity contribution in [3.63, 3.8) is 0 Å². The first kappa shape index (κ1) is 15.8. The standard InChI is InChI=1S/C15H18N4O3/c1-21-12-4-6-13(7-5-12)22-10-2-3-15-14(11-20)17-18-19(15)9-8-16/h4-7,20H,2-3,9-11H2,1H3. The molecule has 0 radical (unpaired) electrons. The second-order valence-corrected chi connectivity index (χ2v) is 4.58. The molecule has 22 heavy (non-hydrogen) atoms. The van der Waals surface area contributed by atoms with Gasteiger partial charge in [-0.1, -0.05) is 5.21 Å². The highest BCUT2D eigenvalue weighted by Crippen LogP contribution is 2.17. The van der Waals surface area contributed by atoms with Crippen LogP contribution in [0.15, 0.2) is 24.3 Å². The summed E-state index contributed by atoms with van der Waals surface area (Å²) in [5, 5.41) is 25.7. The number of hydrogen-bond donors (Lipinski definition) is 1. The van der Waals surface area contributed by atoms with Gasteiger partial charge in [-0.05, 0) is 37.1 Å². The van der Waals surface area contributed by atoms with E-state index < -0.39 is 0 Å². The maximum Gasteiger partial charge on any atom is 0.130 e. The molecule has 0 unspecified atom stereocenters. The van der Waals surface area contributed by atoms with Gasteiger partial charge in [0.15, 0.2) is 0 Å². The Morgan fingerprint density at radius 1 is 1.27 bits per heavy atom. The summed E-state index contributed by atoms with van der Waals surface area (Å²) in [5.74, 6) is 1.55. The second kappa shape index (κ2) is 8.00. The van der Waals surface area contributed by atoms with Gasteiger partial charge in [-0.3, -0.25) is 0 Å². The van der Waals surface area contributed by atoms with E-state index in [0.29, 0.717) is 18.7 Å². The summed E-state index contributed by atoms with van der Waals surface area (Å²) in [6.07, 6.45) is 1.37. The van der Waals surface area contributed by atoms with Gasteiger partial charge in [-0.15, -0.1) is 5.10 Å². The summed E-state index contributed by atoms with van der Waals surface area (Å²) in [4.78, 5) is 0. The third-order valence-electron chi connectivity index (χ3n) is 3.17. The first-order valence-corrected chi connectivity index (χ1v) is 6.94. The van der Waals surface area contributed by atoms with Crippen molar-refractivity contribution in [2.75, 3.05) is 13.7 Å². The Morgan fingerprint density at radius 3 is 2.64 bits per heavy atom. The molecule has 0 fully saturated rings. The number of benzene rings is 1. The molecule has 1 aromatic heterocycles. The van der Waals surface area contributed by atoms with Crippen LogP contribution in [-0.2, 0) is 19.6 Å². The molecule has 1 heterocycles. The molecule has 0 saturated carbocycles. The van der Waals surface area contributed by atoms with Crippen LogP contribution in [0.1, 0.15) is 17.8 Å². The monoisotopic (exact) mass is 302 g/mol. The second-order valence-electron chi connectivity index (χ2n) is 4.58. The summed E-state index contributed by atoms with van der Waals surface area (Å²) in [6, 6.07) is 9.39. The summed E-state index contributed by atoms with van der Waals surface area (Å²) in [6.45, 7) is 0.469. The van der Waals surface area contributed by atoms with Crippen LogP contribution in [-0.4, -0.2) is 33.8 Å². The number of ether oxygens (including phenoxy) is 2. The van der Waals surface area contributed by atoms with Crippen LogP contribution in [0.2, 0.25) is 0 Å². The van der Waals surface area contributed by atoms with Crippen LogP contribution in [0.3, 0.4) is 0 Å². The Hall–Kier alpha value is -2.59. The highest BCUT2D eigenvalue weighted by atomic mass is 16.5. The number of nitriles is 1. The fourth-order valence-corrected chi connectivity index (χ4v) is 2.06. The van der Waals surface area contributed by atoms with Gasteiger partial charge in [0.2, 0.25) is 0 Å². The fourth-order valence-electron chi connectivity index (χ4n) is 2.06. The van der Waals surface area contributed by atoms with E-state index in [1.54, 1.807) is 7.11 Å². The van der Waals surface area contributed by atoms with E-state index in [1.807, 2.05) is 30.3 Å². The highest BCUT2D eigenvalue weighted by molar-refractivity contribution is 5.31. The number of methoxy groups -OCH3 is 1. The van der Waals surface area contributed by atoms with Crippen LogP contribution < -0.4 is 9.47 Å². The number of nitrogens with zero attached hydrogens (tertiary/aromatic N) is 4. The minimum atomic E-state index is -0.180. The molecular formula is C15H18N4O3. The van der Waals surface area contributed by atoms with Crippen molar-refractivity contribution in [1.29, 1.82) is 5.26 Å². The molecule has 2 rings (SSSR count). The molecule has 0 saturated heterocycles. The average Bonchev–Trinajstić information content (AvgIpc) is 2.94. The van der Waals surface area contributed by atoms with E-state index in [1.165, 1.54) is 4.68 Å². The SMILES string of the molecule is COc1ccc(OCCCc2c(CO)nnn2CC#N)cc1. The molecule has 1 aromatic carbocycles. The maximum absolute atomic E-state index is 9.24. The lowest BCUT2D eigenvalue weighted by atomic mass is 10.2. The van der Waals surface area contributed by atoms with E-state index >= 15 is 0 Å². The van der Waals surface area contributed by atoms with Gasteiger partial charge < -0.3 is 14.6 Å². The molecule has 2 aromatic rings. The number of aliphatic hydroxyl groups is 1. The summed E-state index contributed by atoms with van der Waals surface area (Å²) >= 11 is 0. The van der Waals surface area contributed by atoms with E-state index in [2.05, 4.69) is 10.3 Å². The van der Waals surface area contributed by atoms with Crippen LogP contribution in [0, 0.1) is 11.3 Å². The van der Waals surface area contributed by atoms with Crippen LogP contribution >= 0.6 is 0 Å². The molecule has 0 aliphatic heterocycles. The normalized spacial score (nSPS) is 10.2. The predicted molar refractivity (Wildman–Crippen MR) is 78.4 cm³/mol. The molecular weight excluding hydrogens is 284 g/mol. The van der Waals surface area contributed by atoms with Gasteiger partial charge in [0.25, 0.3) is 0 Å². The highest BCUT2D eigenvalue weighted by Gasteiger charge is 2.11. The first-order chi connectivity index (χ1) is 10.8. The van der Waals surface area contributed by atoms with Crippen molar-refractivity contribution < 1.29 is 14.6 Å². The Morgan fingerprint density at radius 2 is 2.00 bits per heavy atom. The Kier molecular flexibility index (Phi) is 5.74. The summed E-state index contributed by atoms with van der Waals surface area (Å²) in [5.41, 5.74) is 1.29. The molecule has 0 aliphatic rings. The minimum Gasteiger partial charge on any atom is -0.497 e. The van der Waals surface area contributed by atoms with Crippen molar-refractivity contribution in [3.05, 3.63) is 35.7 Å². The van der Waals surface area contributed by atoms with Gasteiger partial charge in [0.05, 0.1) is 32.1 Å². The molecule has 1 N–H and O–H groups in total. The molecule has 0 atom stereocenters. The van der Waals surface area contributed by atoms with Gasteiger partial charge in [-0.25, -0.2) is 4.68 Å². The molecule has 0 amide bonds. The lowest BCUT2D eigenvalue weighted by molar-refractivity contribution is 0.274. The van der Waals surface area contributed by atoms with Crippen LogP contribution in [0.5, 0.6) is 11.5 Å². The zero-order chi connectivity index (χ0) is 15.8. The molecule has 0 aliphatic carbocycles. The summed E-state index contributed by atoms with van der Waals surface area (Å²) in [7, 11) is 1.62. The Bertz CT molecular complexity index is 631. The lowest BCUT2D eigenvalue weighted by Crippen LogP contribution is -2.08. The summed E-state index contributed by atoms with van der Waals surface area (Å²) < 4.78 is 12.2. The van der Waals surface area contributed by atoms with Crippen molar-refractivity contribution >= 4 is 0 Å².